The average Bonchev–Trinajstić information content (AvgIpc) is 3.15. The fraction of sp³-hybridized carbons (Fsp3) is 0.217. The first-order chi connectivity index (χ1) is 15.4. The van der Waals surface area contributed by atoms with Crippen molar-refractivity contribution in [1.82, 2.24) is 14.6 Å². The molecular formula is C23H22N4O3S2. The first kappa shape index (κ1) is 22.0. The van der Waals surface area contributed by atoms with Gasteiger partial charge in [-0.3, -0.25) is 9.59 Å². The van der Waals surface area contributed by atoms with Gasteiger partial charge >= 0.3 is 0 Å². The molecule has 1 N–H and O–H groups in total. The Balaban J connectivity index is 1.40. The van der Waals surface area contributed by atoms with Gasteiger partial charge < -0.3 is 10.1 Å². The molecule has 0 fully saturated rings. The predicted molar refractivity (Wildman–Crippen MR) is 128 cm³/mol. The third kappa shape index (κ3) is 5.17. The number of carbonyl (C=O) groups is 1. The van der Waals surface area contributed by atoms with E-state index >= 15 is 0 Å². The smallest absolute Gasteiger partial charge is 0.275 e. The highest BCUT2D eigenvalue weighted by atomic mass is 32.2. The minimum absolute atomic E-state index is 0.0821. The molecule has 0 spiro atoms. The highest BCUT2D eigenvalue weighted by Gasteiger charge is 2.11. The van der Waals surface area contributed by atoms with Gasteiger partial charge in [-0.25, -0.2) is 4.98 Å². The summed E-state index contributed by atoms with van der Waals surface area (Å²) < 4.78 is 6.95. The number of nitrogens with one attached hydrogen (secondary N) is 1. The van der Waals surface area contributed by atoms with Gasteiger partial charge in [0.2, 0.25) is 4.96 Å². The molecule has 1 amide bonds. The molecule has 2 aromatic heterocycles. The van der Waals surface area contributed by atoms with Crippen LogP contribution < -0.4 is 15.6 Å². The molecule has 4 aromatic rings. The molecule has 0 bridgehead atoms. The standard InChI is InChI=1S/C23H22N4O3S2/c1-14-8-9-18(10-15(14)2)30-12-21(28)25-19-6-4-5-7-20(19)31-13-17-11-22(29)27-23(24-17)32-16(3)26-27/h4-11H,12-13H2,1-3H3,(H,25,28). The molecule has 4 rings (SSSR count). The number of amides is 1. The van der Waals surface area contributed by atoms with Gasteiger partial charge in [-0.1, -0.05) is 29.5 Å². The number of carbonyl (C=O) groups excluding carboxylic acids is 1. The van der Waals surface area contributed by atoms with Gasteiger partial charge in [-0.2, -0.15) is 9.61 Å². The lowest BCUT2D eigenvalue weighted by Crippen LogP contribution is -2.20. The average molecular weight is 467 g/mol. The van der Waals surface area contributed by atoms with Crippen LogP contribution in [0, 0.1) is 20.8 Å². The molecule has 32 heavy (non-hydrogen) atoms. The van der Waals surface area contributed by atoms with Crippen molar-refractivity contribution in [3.05, 3.63) is 80.7 Å². The summed E-state index contributed by atoms with van der Waals surface area (Å²) in [5.74, 6) is 0.917. The molecule has 2 heterocycles. The number of ether oxygens (including phenoxy) is 1. The Kier molecular flexibility index (Phi) is 6.57. The van der Waals surface area contributed by atoms with Crippen molar-refractivity contribution >= 4 is 39.7 Å². The van der Waals surface area contributed by atoms with E-state index in [0.717, 1.165) is 15.5 Å². The maximum Gasteiger partial charge on any atom is 0.275 e. The number of hydrogen-bond acceptors (Lipinski definition) is 7. The summed E-state index contributed by atoms with van der Waals surface area (Å²) in [5, 5.41) is 7.86. The summed E-state index contributed by atoms with van der Waals surface area (Å²) in [4.78, 5) is 30.7. The maximum absolute atomic E-state index is 12.5. The minimum Gasteiger partial charge on any atom is -0.484 e. The molecule has 164 valence electrons. The van der Waals surface area contributed by atoms with Gasteiger partial charge in [0, 0.05) is 16.7 Å². The SMILES string of the molecule is Cc1nn2c(=O)cc(CSc3ccccc3NC(=O)COc3ccc(C)c(C)c3)nc2s1. The highest BCUT2D eigenvalue weighted by Crippen LogP contribution is 2.29. The Morgan fingerprint density at radius 3 is 2.75 bits per heavy atom. The Hall–Kier alpha value is -3.17. The second-order valence-corrected chi connectivity index (χ2v) is 9.45. The van der Waals surface area contributed by atoms with E-state index in [2.05, 4.69) is 15.4 Å². The second kappa shape index (κ2) is 9.54. The number of hydrogen-bond donors (Lipinski definition) is 1. The van der Waals surface area contributed by atoms with E-state index in [1.807, 2.05) is 63.2 Å². The van der Waals surface area contributed by atoms with Crippen LogP contribution in [0.4, 0.5) is 5.69 Å². The minimum atomic E-state index is -0.241. The van der Waals surface area contributed by atoms with Crippen LogP contribution in [0.2, 0.25) is 0 Å². The highest BCUT2D eigenvalue weighted by molar-refractivity contribution is 7.98. The third-order valence-corrected chi connectivity index (χ3v) is 6.72. The van der Waals surface area contributed by atoms with Crippen molar-refractivity contribution in [3.8, 4) is 5.75 Å². The lowest BCUT2D eigenvalue weighted by Gasteiger charge is -2.12. The first-order valence-electron chi connectivity index (χ1n) is 9.97. The Labute approximate surface area is 193 Å². The van der Waals surface area contributed by atoms with E-state index < -0.39 is 0 Å². The molecule has 0 aliphatic rings. The van der Waals surface area contributed by atoms with Gasteiger partial charge in [-0.05, 0) is 56.2 Å². The van der Waals surface area contributed by atoms with E-state index in [1.54, 1.807) is 0 Å². The van der Waals surface area contributed by atoms with Gasteiger partial charge in [-0.15, -0.1) is 11.8 Å². The summed E-state index contributed by atoms with van der Waals surface area (Å²) >= 11 is 2.88. The number of anilines is 1. The fourth-order valence-corrected chi connectivity index (χ4v) is 4.68. The monoisotopic (exact) mass is 466 g/mol. The fourth-order valence-electron chi connectivity index (χ4n) is 3.01. The predicted octanol–water partition coefficient (Wildman–Crippen LogP) is 4.39. The summed E-state index contributed by atoms with van der Waals surface area (Å²) in [6, 6.07) is 14.8. The molecule has 0 saturated carbocycles. The van der Waals surface area contributed by atoms with Crippen LogP contribution in [0.5, 0.6) is 5.75 Å². The van der Waals surface area contributed by atoms with Crippen LogP contribution >= 0.6 is 23.1 Å². The van der Waals surface area contributed by atoms with E-state index in [1.165, 1.54) is 39.2 Å². The van der Waals surface area contributed by atoms with Crippen molar-refractivity contribution in [3.63, 3.8) is 0 Å². The number of rotatable bonds is 7. The number of aryl methyl sites for hydroxylation is 3. The third-order valence-electron chi connectivity index (χ3n) is 4.78. The largest absolute Gasteiger partial charge is 0.484 e. The molecule has 7 nitrogen and oxygen atoms in total. The van der Waals surface area contributed by atoms with Crippen molar-refractivity contribution in [1.29, 1.82) is 0 Å². The van der Waals surface area contributed by atoms with E-state index in [-0.39, 0.29) is 18.1 Å². The maximum atomic E-state index is 12.5. The number of benzene rings is 2. The lowest BCUT2D eigenvalue weighted by molar-refractivity contribution is -0.118. The molecule has 0 unspecified atom stereocenters. The Bertz CT molecular complexity index is 1350. The molecule has 0 atom stereocenters. The molecule has 9 heteroatoms. The number of fused-ring (bicyclic) bond motifs is 1. The molecule has 0 saturated heterocycles. The van der Waals surface area contributed by atoms with Crippen LogP contribution in [0.25, 0.3) is 4.96 Å². The summed E-state index contributed by atoms with van der Waals surface area (Å²) in [7, 11) is 0. The van der Waals surface area contributed by atoms with E-state index in [9.17, 15) is 9.59 Å². The molecular weight excluding hydrogens is 444 g/mol. The van der Waals surface area contributed by atoms with Crippen molar-refractivity contribution < 1.29 is 9.53 Å². The summed E-state index contributed by atoms with van der Waals surface area (Å²) in [6.07, 6.45) is 0. The van der Waals surface area contributed by atoms with Crippen molar-refractivity contribution in [2.75, 3.05) is 11.9 Å². The lowest BCUT2D eigenvalue weighted by atomic mass is 10.1. The zero-order valence-electron chi connectivity index (χ0n) is 17.9. The van der Waals surface area contributed by atoms with E-state index in [0.29, 0.717) is 27.8 Å². The van der Waals surface area contributed by atoms with Crippen molar-refractivity contribution in [2.24, 2.45) is 0 Å². The van der Waals surface area contributed by atoms with Crippen LogP contribution in [0.15, 0.2) is 58.2 Å². The molecule has 0 aliphatic carbocycles. The second-order valence-electron chi connectivity index (χ2n) is 7.27. The van der Waals surface area contributed by atoms with Crippen LogP contribution in [0.1, 0.15) is 21.8 Å². The van der Waals surface area contributed by atoms with Gasteiger partial charge in [0.05, 0.1) is 11.4 Å². The zero-order chi connectivity index (χ0) is 22.7. The number of nitrogens with zero attached hydrogens (tertiary/aromatic N) is 3. The Morgan fingerprint density at radius 2 is 1.94 bits per heavy atom. The van der Waals surface area contributed by atoms with Crippen molar-refractivity contribution in [2.45, 2.75) is 31.4 Å². The van der Waals surface area contributed by atoms with E-state index in [4.69, 9.17) is 4.74 Å². The number of aromatic nitrogens is 3. The molecule has 0 aliphatic heterocycles. The topological polar surface area (TPSA) is 85.6 Å². The Morgan fingerprint density at radius 1 is 1.12 bits per heavy atom. The zero-order valence-corrected chi connectivity index (χ0v) is 19.5. The normalized spacial score (nSPS) is 11.0. The summed E-state index contributed by atoms with van der Waals surface area (Å²) in [6.45, 7) is 5.80. The quantitative estimate of drug-likeness (QED) is 0.407. The molecule has 0 radical (unpaired) electrons. The van der Waals surface area contributed by atoms with Crippen LogP contribution in [-0.2, 0) is 10.5 Å². The number of thioether (sulfide) groups is 1. The van der Waals surface area contributed by atoms with Gasteiger partial charge in [0.15, 0.2) is 6.61 Å². The van der Waals surface area contributed by atoms with Gasteiger partial charge in [0.1, 0.15) is 10.8 Å². The number of para-hydroxylation sites is 1. The van der Waals surface area contributed by atoms with Gasteiger partial charge in [0.25, 0.3) is 11.5 Å². The molecule has 2 aromatic carbocycles. The van der Waals surface area contributed by atoms with Crippen LogP contribution in [0.3, 0.4) is 0 Å². The first-order valence-corrected chi connectivity index (χ1v) is 11.8. The summed E-state index contributed by atoms with van der Waals surface area (Å²) in [5.41, 5.74) is 3.46. The van der Waals surface area contributed by atoms with Crippen LogP contribution in [-0.4, -0.2) is 27.1 Å².